The number of nitrogens with zero attached hydrogens (tertiary/aromatic N) is 10. The third-order valence-electron chi connectivity index (χ3n) is 19.7. The number of rotatable bonds is 48. The average Bonchev–Trinajstić information content (AvgIpc) is 1.15. The number of hydrogen-bond acceptors (Lipinski definition) is 20. The smallest absolute Gasteiger partial charge is 0.244 e. The van der Waals surface area contributed by atoms with E-state index in [0.29, 0.717) is 116 Å². The van der Waals surface area contributed by atoms with E-state index in [9.17, 15) is 20.4 Å². The standard InChI is InChI=1S/2C43H55N5O7S/c1-53-38-22-14-33(15-23-38)30-47(31-34-16-24-39(54-2)25-17-34)56(51,52)42-37(13-9-5-7-11-29-50)21-20-36(12-8-4-6-10-28-49)41(42)43-44-45-46-48(43)32-35-18-26-40(55-3)27-19-35;1-53-38-22-14-33(15-23-38)30-47(31-34-16-24-39(54-2)25-17-34)56(51,52)42-37(13-9-5-7-11-29-50)21-20-36(12-8-4-6-10-28-49)41(42)43-44-46-48(45-43)32-35-18-26-40(55-3)27-19-35/h2*14-27,49-50H,4-13,28-32H2,1-3H3. The van der Waals surface area contributed by atoms with Gasteiger partial charge in [0.2, 0.25) is 25.9 Å². The third-order valence-corrected chi connectivity index (χ3v) is 23.6. The van der Waals surface area contributed by atoms with E-state index in [4.69, 9.17) is 33.5 Å². The monoisotopic (exact) mass is 1570 g/mol. The quantitative estimate of drug-likeness (QED) is 0.0258. The van der Waals surface area contributed by atoms with E-state index >= 15 is 16.8 Å². The van der Waals surface area contributed by atoms with Crippen LogP contribution in [0.5, 0.6) is 34.5 Å². The summed E-state index contributed by atoms with van der Waals surface area (Å²) < 4.78 is 99.6. The number of sulfonamides is 2. The Kier molecular flexibility index (Phi) is 34.8. The van der Waals surface area contributed by atoms with Crippen molar-refractivity contribution < 1.29 is 65.7 Å². The highest BCUT2D eigenvalue weighted by atomic mass is 32.2. The molecule has 4 N–H and O–H groups in total. The minimum Gasteiger partial charge on any atom is -0.497 e. The van der Waals surface area contributed by atoms with Crippen LogP contribution >= 0.6 is 0 Å². The fourth-order valence-electron chi connectivity index (χ4n) is 13.5. The highest BCUT2D eigenvalue weighted by molar-refractivity contribution is 7.89. The van der Waals surface area contributed by atoms with E-state index in [1.807, 2.05) is 170 Å². The fourth-order valence-corrected chi connectivity index (χ4v) is 17.2. The molecule has 0 radical (unpaired) electrons. The van der Waals surface area contributed by atoms with Crippen molar-refractivity contribution in [3.05, 3.63) is 225 Å². The highest BCUT2D eigenvalue weighted by Crippen LogP contribution is 2.40. The Labute approximate surface area is 660 Å². The maximum absolute atomic E-state index is 15.7. The van der Waals surface area contributed by atoms with Gasteiger partial charge in [0, 0.05) is 63.7 Å². The summed E-state index contributed by atoms with van der Waals surface area (Å²) in [6, 6.07) is 53.0. The van der Waals surface area contributed by atoms with E-state index in [1.165, 1.54) is 13.4 Å². The molecule has 0 spiro atoms. The van der Waals surface area contributed by atoms with Gasteiger partial charge in [0.05, 0.1) is 65.5 Å². The molecule has 0 fully saturated rings. The van der Waals surface area contributed by atoms with E-state index < -0.39 is 20.0 Å². The summed E-state index contributed by atoms with van der Waals surface area (Å²) in [5, 5.41) is 64.4. The van der Waals surface area contributed by atoms with Gasteiger partial charge in [-0.3, -0.25) is 0 Å². The first kappa shape index (κ1) is 86.3. The van der Waals surface area contributed by atoms with Crippen LogP contribution < -0.4 is 28.4 Å². The molecule has 0 saturated heterocycles. The van der Waals surface area contributed by atoms with Crippen LogP contribution in [0.3, 0.4) is 0 Å². The number of aryl methyl sites for hydroxylation is 4. The predicted molar refractivity (Wildman–Crippen MR) is 433 cm³/mol. The number of aromatic nitrogens is 8. The molecular formula is C86H110N10O14S2. The summed E-state index contributed by atoms with van der Waals surface area (Å²) in [7, 11) is 1.15. The molecule has 10 aromatic rings. The van der Waals surface area contributed by atoms with Crippen LogP contribution in [0.2, 0.25) is 0 Å². The molecule has 0 bridgehead atoms. The Bertz CT molecular complexity index is 4570. The minimum absolute atomic E-state index is 0.107. The number of hydrogen-bond donors (Lipinski definition) is 4. The van der Waals surface area contributed by atoms with Crippen LogP contribution in [-0.2, 0) is 85.0 Å². The first-order valence-electron chi connectivity index (χ1n) is 38.7. The van der Waals surface area contributed by atoms with Crippen LogP contribution in [0, 0.1) is 0 Å². The van der Waals surface area contributed by atoms with Gasteiger partial charge in [-0.25, -0.2) is 21.5 Å². The lowest BCUT2D eigenvalue weighted by atomic mass is 9.95. The summed E-state index contributed by atoms with van der Waals surface area (Å²) >= 11 is 0. The van der Waals surface area contributed by atoms with Gasteiger partial charge >= 0.3 is 0 Å². The van der Waals surface area contributed by atoms with Gasteiger partial charge in [-0.15, -0.1) is 15.3 Å². The molecule has 2 heterocycles. The molecule has 0 aliphatic carbocycles. The number of aliphatic hydroxyl groups excluding tert-OH is 4. The van der Waals surface area contributed by atoms with Gasteiger partial charge in [-0.05, 0) is 221 Å². The SMILES string of the molecule is COc1ccc(CN(Cc2ccc(OC)cc2)S(=O)(=O)c2c(CCCCCCO)ccc(CCCCCCO)c2-c2nnn(Cc3ccc(OC)cc3)n2)cc1.COc1ccc(CN(Cc2ccc(OC)cc2)S(=O)(=O)c2c(CCCCCCO)ccc(CCCCCCO)c2-c2nnnn2Cc2ccc(OC)cc2)cc1. The van der Waals surface area contributed by atoms with E-state index in [0.717, 1.165) is 133 Å². The van der Waals surface area contributed by atoms with Crippen LogP contribution in [0.25, 0.3) is 22.8 Å². The first-order chi connectivity index (χ1) is 54.6. The molecule has 0 atom stereocenters. The summed E-state index contributed by atoms with van der Waals surface area (Å²) in [4.78, 5) is 1.89. The average molecular weight is 1570 g/mol. The summed E-state index contributed by atoms with van der Waals surface area (Å²) in [5.74, 6) is 4.81. The van der Waals surface area contributed by atoms with E-state index in [2.05, 4.69) is 25.8 Å². The van der Waals surface area contributed by atoms with Gasteiger partial charge in [-0.1, -0.05) is 148 Å². The molecule has 0 aliphatic heterocycles. The highest BCUT2D eigenvalue weighted by Gasteiger charge is 2.36. The van der Waals surface area contributed by atoms with Gasteiger partial charge in [0.1, 0.15) is 34.5 Å². The fraction of sp³-hybridized carbons (Fsp3) is 0.419. The van der Waals surface area contributed by atoms with E-state index in [1.54, 1.807) is 47.3 Å². The van der Waals surface area contributed by atoms with Crippen molar-refractivity contribution in [2.75, 3.05) is 69.1 Å². The molecule has 0 amide bonds. The second-order valence-electron chi connectivity index (χ2n) is 27.7. The van der Waals surface area contributed by atoms with Gasteiger partial charge < -0.3 is 48.8 Å². The van der Waals surface area contributed by atoms with Crippen molar-refractivity contribution >= 4 is 20.0 Å². The first-order valence-corrected chi connectivity index (χ1v) is 41.5. The normalized spacial score (nSPS) is 11.6. The van der Waals surface area contributed by atoms with Crippen LogP contribution in [0.15, 0.2) is 180 Å². The number of benzene rings is 8. The molecule has 0 unspecified atom stereocenters. The predicted octanol–water partition coefficient (Wildman–Crippen LogP) is 14.0. The third kappa shape index (κ3) is 24.9. The van der Waals surface area contributed by atoms with Gasteiger partial charge in [0.15, 0.2) is 5.82 Å². The Morgan fingerprint density at radius 1 is 0.321 bits per heavy atom. The van der Waals surface area contributed by atoms with Crippen molar-refractivity contribution in [2.24, 2.45) is 0 Å². The van der Waals surface area contributed by atoms with Crippen LogP contribution in [0.1, 0.15) is 158 Å². The Hall–Kier alpha value is -9.64. The van der Waals surface area contributed by atoms with Crippen LogP contribution in [0.4, 0.5) is 0 Å². The maximum Gasteiger partial charge on any atom is 0.244 e. The minimum atomic E-state index is -4.25. The largest absolute Gasteiger partial charge is 0.497 e. The molecule has 2 aromatic heterocycles. The molecule has 112 heavy (non-hydrogen) atoms. The molecule has 10 rings (SSSR count). The number of unbranched alkanes of at least 4 members (excludes halogenated alkanes) is 12. The van der Waals surface area contributed by atoms with Crippen molar-refractivity contribution in [3.8, 4) is 57.3 Å². The molecule has 8 aromatic carbocycles. The van der Waals surface area contributed by atoms with E-state index in [-0.39, 0.29) is 68.2 Å². The second kappa shape index (κ2) is 45.2. The maximum atomic E-state index is 15.7. The zero-order valence-electron chi connectivity index (χ0n) is 65.5. The lowest BCUT2D eigenvalue weighted by molar-refractivity contribution is 0.282. The number of methoxy groups -OCH3 is 6. The van der Waals surface area contributed by atoms with Crippen LogP contribution in [-0.4, -0.2) is 155 Å². The Morgan fingerprint density at radius 2 is 0.607 bits per heavy atom. The molecule has 24 nitrogen and oxygen atoms in total. The molecule has 0 aliphatic rings. The summed E-state index contributed by atoms with van der Waals surface area (Å²) in [6.45, 7) is 1.60. The second-order valence-corrected chi connectivity index (χ2v) is 31.4. The van der Waals surface area contributed by atoms with Gasteiger partial charge in [0.25, 0.3) is 0 Å². The molecular weight excluding hydrogens is 1460 g/mol. The van der Waals surface area contributed by atoms with Crippen molar-refractivity contribution in [1.29, 1.82) is 0 Å². The Balaban J connectivity index is 0.000000257. The number of tetrazole rings is 2. The molecule has 0 saturated carbocycles. The lowest BCUT2D eigenvalue weighted by Gasteiger charge is -2.27. The summed E-state index contributed by atoms with van der Waals surface area (Å²) in [5.41, 5.74) is 9.11. The topological polar surface area (TPSA) is 298 Å². The Morgan fingerprint density at radius 3 is 0.938 bits per heavy atom. The zero-order valence-corrected chi connectivity index (χ0v) is 67.2. The zero-order chi connectivity index (χ0) is 79.5. The lowest BCUT2D eigenvalue weighted by Crippen LogP contribution is -2.32. The number of aliphatic hydroxyl groups is 4. The number of ether oxygens (including phenoxy) is 6. The van der Waals surface area contributed by atoms with Gasteiger partial charge in [-0.2, -0.15) is 13.4 Å². The van der Waals surface area contributed by atoms with Crippen molar-refractivity contribution in [3.63, 3.8) is 0 Å². The molecule has 26 heteroatoms. The van der Waals surface area contributed by atoms with Crippen molar-refractivity contribution in [1.82, 2.24) is 49.0 Å². The van der Waals surface area contributed by atoms with Crippen molar-refractivity contribution in [2.45, 2.75) is 177 Å². The molecule has 600 valence electrons. The summed E-state index contributed by atoms with van der Waals surface area (Å²) in [6.07, 6.45) is 15.1.